The molecule has 0 amide bonds. The van der Waals surface area contributed by atoms with Crippen LogP contribution < -0.4 is 5.32 Å². The highest BCUT2D eigenvalue weighted by Gasteiger charge is 2.16. The third-order valence-corrected chi connectivity index (χ3v) is 3.47. The highest BCUT2D eigenvalue weighted by Crippen LogP contribution is 2.25. The van der Waals surface area contributed by atoms with Gasteiger partial charge in [-0.3, -0.25) is 0 Å². The van der Waals surface area contributed by atoms with Crippen LogP contribution in [0.15, 0.2) is 18.2 Å². The quantitative estimate of drug-likeness (QED) is 0.822. The van der Waals surface area contributed by atoms with Gasteiger partial charge in [0.25, 0.3) is 0 Å². The van der Waals surface area contributed by atoms with Gasteiger partial charge < -0.3 is 10.4 Å². The van der Waals surface area contributed by atoms with Crippen molar-refractivity contribution < 1.29 is 9.50 Å². The lowest BCUT2D eigenvalue weighted by molar-refractivity contribution is 0.353. The van der Waals surface area contributed by atoms with Gasteiger partial charge in [-0.25, -0.2) is 4.39 Å². The minimum Gasteiger partial charge on any atom is -0.508 e. The molecule has 3 heteroatoms. The maximum absolute atomic E-state index is 13.1. The molecule has 17 heavy (non-hydrogen) atoms. The van der Waals surface area contributed by atoms with Gasteiger partial charge in [0, 0.05) is 17.6 Å². The molecule has 0 heterocycles. The van der Waals surface area contributed by atoms with Crippen LogP contribution in [0.4, 0.5) is 4.39 Å². The van der Waals surface area contributed by atoms with Crippen molar-refractivity contribution >= 4 is 0 Å². The minimum atomic E-state index is -0.317. The predicted octanol–water partition coefficient (Wildman–Crippen LogP) is 3.62. The molecule has 2 nitrogen and oxygen atoms in total. The second-order valence-corrected chi connectivity index (χ2v) is 4.77. The fourth-order valence-electron chi connectivity index (χ4n) is 1.87. The number of halogens is 1. The Labute approximate surface area is 103 Å². The van der Waals surface area contributed by atoms with Crippen LogP contribution in [0, 0.1) is 11.7 Å². The summed E-state index contributed by atoms with van der Waals surface area (Å²) in [5.41, 5.74) is 0.611. The highest BCUT2D eigenvalue weighted by atomic mass is 19.1. The molecule has 1 rings (SSSR count). The molecule has 0 aromatic heterocycles. The van der Waals surface area contributed by atoms with Crippen molar-refractivity contribution in [1.82, 2.24) is 5.32 Å². The van der Waals surface area contributed by atoms with E-state index in [1.54, 1.807) is 0 Å². The van der Waals surface area contributed by atoms with E-state index in [0.717, 1.165) is 6.42 Å². The molecule has 2 N–H and O–H groups in total. The van der Waals surface area contributed by atoms with E-state index >= 15 is 0 Å². The Morgan fingerprint density at radius 1 is 1.29 bits per heavy atom. The molecule has 0 aliphatic heterocycles. The topological polar surface area (TPSA) is 32.3 Å². The minimum absolute atomic E-state index is 0.0605. The van der Waals surface area contributed by atoms with E-state index in [-0.39, 0.29) is 17.6 Å². The summed E-state index contributed by atoms with van der Waals surface area (Å²) in [6, 6.07) is 4.32. The Kier molecular flexibility index (Phi) is 4.94. The van der Waals surface area contributed by atoms with Gasteiger partial charge in [-0.1, -0.05) is 20.3 Å². The summed E-state index contributed by atoms with van der Waals surface area (Å²) in [5, 5.41) is 13.1. The molecule has 0 spiro atoms. The standard InChI is InChI=1S/C14H22FNO/c1-5-9(2)10(3)16-11(4)13-8-12(15)6-7-14(13)17/h6-11,16-17H,5H2,1-4H3. The summed E-state index contributed by atoms with van der Waals surface area (Å²) in [6.07, 6.45) is 1.09. The third kappa shape index (κ3) is 3.70. The second kappa shape index (κ2) is 6.01. The van der Waals surface area contributed by atoms with E-state index in [0.29, 0.717) is 17.5 Å². The second-order valence-electron chi connectivity index (χ2n) is 4.77. The lowest BCUT2D eigenvalue weighted by Crippen LogP contribution is -2.34. The van der Waals surface area contributed by atoms with Crippen LogP contribution in [0.25, 0.3) is 0 Å². The number of benzene rings is 1. The van der Waals surface area contributed by atoms with Gasteiger partial charge in [0.15, 0.2) is 0 Å². The number of nitrogens with one attached hydrogen (secondary N) is 1. The van der Waals surface area contributed by atoms with E-state index in [1.165, 1.54) is 18.2 Å². The molecular weight excluding hydrogens is 217 g/mol. The number of phenols is 1. The van der Waals surface area contributed by atoms with Crippen molar-refractivity contribution in [3.63, 3.8) is 0 Å². The van der Waals surface area contributed by atoms with E-state index in [2.05, 4.69) is 26.1 Å². The Hall–Kier alpha value is -1.09. The predicted molar refractivity (Wildman–Crippen MR) is 68.5 cm³/mol. The van der Waals surface area contributed by atoms with E-state index in [9.17, 15) is 9.50 Å². The van der Waals surface area contributed by atoms with Gasteiger partial charge in [-0.2, -0.15) is 0 Å². The lowest BCUT2D eigenvalue weighted by atomic mass is 9.98. The summed E-state index contributed by atoms with van der Waals surface area (Å²) in [4.78, 5) is 0. The van der Waals surface area contributed by atoms with Crippen molar-refractivity contribution in [3.05, 3.63) is 29.6 Å². The summed E-state index contributed by atoms with van der Waals surface area (Å²) in [5.74, 6) is 0.374. The fourth-order valence-corrected chi connectivity index (χ4v) is 1.87. The summed E-state index contributed by atoms with van der Waals surface area (Å²) in [7, 11) is 0. The molecular formula is C14H22FNO. The molecule has 1 aromatic rings. The average molecular weight is 239 g/mol. The Morgan fingerprint density at radius 3 is 2.53 bits per heavy atom. The Bertz CT molecular complexity index is 367. The van der Waals surface area contributed by atoms with Gasteiger partial charge in [0.2, 0.25) is 0 Å². The molecule has 0 aliphatic carbocycles. The molecule has 0 fully saturated rings. The smallest absolute Gasteiger partial charge is 0.123 e. The first-order chi connectivity index (χ1) is 7.95. The van der Waals surface area contributed by atoms with E-state index < -0.39 is 0 Å². The van der Waals surface area contributed by atoms with Crippen molar-refractivity contribution in [3.8, 4) is 5.75 Å². The van der Waals surface area contributed by atoms with Crippen LogP contribution >= 0.6 is 0 Å². The Balaban J connectivity index is 2.75. The first-order valence-corrected chi connectivity index (χ1v) is 6.20. The molecule has 0 saturated carbocycles. The molecule has 0 radical (unpaired) electrons. The first-order valence-electron chi connectivity index (χ1n) is 6.20. The lowest BCUT2D eigenvalue weighted by Gasteiger charge is -2.25. The van der Waals surface area contributed by atoms with Crippen molar-refractivity contribution in [2.45, 2.75) is 46.2 Å². The zero-order valence-electron chi connectivity index (χ0n) is 11.0. The molecule has 96 valence electrons. The van der Waals surface area contributed by atoms with Gasteiger partial charge in [0.1, 0.15) is 11.6 Å². The zero-order valence-corrected chi connectivity index (χ0v) is 11.0. The largest absolute Gasteiger partial charge is 0.508 e. The molecule has 1 aromatic carbocycles. The fraction of sp³-hybridized carbons (Fsp3) is 0.571. The van der Waals surface area contributed by atoms with Crippen LogP contribution in [-0.4, -0.2) is 11.1 Å². The SMILES string of the molecule is CCC(C)C(C)NC(C)c1cc(F)ccc1O. The summed E-state index contributed by atoms with van der Waals surface area (Å²) >= 11 is 0. The maximum atomic E-state index is 13.1. The van der Waals surface area contributed by atoms with Gasteiger partial charge >= 0.3 is 0 Å². The third-order valence-electron chi connectivity index (χ3n) is 3.47. The van der Waals surface area contributed by atoms with Crippen LogP contribution in [0.5, 0.6) is 5.75 Å². The highest BCUT2D eigenvalue weighted by molar-refractivity contribution is 5.34. The maximum Gasteiger partial charge on any atom is 0.123 e. The number of phenolic OH excluding ortho intramolecular Hbond substituents is 1. The number of hydrogen-bond donors (Lipinski definition) is 2. The molecule has 0 bridgehead atoms. The van der Waals surface area contributed by atoms with Crippen LogP contribution in [0.2, 0.25) is 0 Å². The van der Waals surface area contributed by atoms with Crippen LogP contribution in [-0.2, 0) is 0 Å². The monoisotopic (exact) mass is 239 g/mol. The Morgan fingerprint density at radius 2 is 1.94 bits per heavy atom. The number of aromatic hydroxyl groups is 1. The van der Waals surface area contributed by atoms with Crippen molar-refractivity contribution in [2.24, 2.45) is 5.92 Å². The number of rotatable bonds is 5. The summed E-state index contributed by atoms with van der Waals surface area (Å²) < 4.78 is 13.1. The normalized spacial score (nSPS) is 16.5. The molecule has 0 aliphatic rings. The van der Waals surface area contributed by atoms with Crippen molar-refractivity contribution in [1.29, 1.82) is 0 Å². The molecule has 3 atom stereocenters. The average Bonchev–Trinajstić information content (AvgIpc) is 2.30. The zero-order chi connectivity index (χ0) is 13.0. The van der Waals surface area contributed by atoms with E-state index in [1.807, 2.05) is 6.92 Å². The number of hydrogen-bond acceptors (Lipinski definition) is 2. The molecule has 0 saturated heterocycles. The van der Waals surface area contributed by atoms with Gasteiger partial charge in [-0.15, -0.1) is 0 Å². The van der Waals surface area contributed by atoms with Crippen LogP contribution in [0.3, 0.4) is 0 Å². The summed E-state index contributed by atoms with van der Waals surface area (Å²) in [6.45, 7) is 8.37. The van der Waals surface area contributed by atoms with E-state index in [4.69, 9.17) is 0 Å². The van der Waals surface area contributed by atoms with Gasteiger partial charge in [0.05, 0.1) is 0 Å². The van der Waals surface area contributed by atoms with Gasteiger partial charge in [-0.05, 0) is 38.0 Å². The first kappa shape index (κ1) is 14.0. The van der Waals surface area contributed by atoms with Crippen LogP contribution in [0.1, 0.15) is 45.7 Å². The van der Waals surface area contributed by atoms with Crippen molar-refractivity contribution in [2.75, 3.05) is 0 Å². The molecule has 3 unspecified atom stereocenters.